The first-order chi connectivity index (χ1) is 9.80. The molecule has 0 aliphatic carbocycles. The summed E-state index contributed by atoms with van der Waals surface area (Å²) in [6.07, 6.45) is 2.51. The lowest BCUT2D eigenvalue weighted by molar-refractivity contribution is 0.849. The first-order valence-corrected chi connectivity index (χ1v) is 12.9. The predicted octanol–water partition coefficient (Wildman–Crippen LogP) is 7.29. The zero-order chi connectivity index (χ0) is 16.0. The summed E-state index contributed by atoms with van der Waals surface area (Å²) < 4.78 is 1.17. The molecule has 1 aromatic carbocycles. The predicted molar refractivity (Wildman–Crippen MR) is 106 cm³/mol. The molecule has 0 N–H and O–H groups in total. The van der Waals surface area contributed by atoms with Crippen molar-refractivity contribution in [2.45, 2.75) is 71.0 Å². The first-order valence-electron chi connectivity index (χ1n) is 8.19. The minimum Gasteiger partial charge on any atom is -0.184 e. The molecule has 0 bridgehead atoms. The van der Waals surface area contributed by atoms with Crippen molar-refractivity contribution in [3.8, 4) is 0 Å². The van der Waals surface area contributed by atoms with Gasteiger partial charge in [0, 0.05) is 4.47 Å². The van der Waals surface area contributed by atoms with Crippen LogP contribution in [0, 0.1) is 0 Å². The van der Waals surface area contributed by atoms with Crippen LogP contribution in [0.2, 0.25) is 16.6 Å². The van der Waals surface area contributed by atoms with Crippen molar-refractivity contribution < 1.29 is 0 Å². The molecule has 0 atom stereocenters. The molecule has 0 nitrogen and oxygen atoms in total. The van der Waals surface area contributed by atoms with E-state index in [9.17, 15) is 0 Å². The van der Waals surface area contributed by atoms with Crippen molar-refractivity contribution in [1.29, 1.82) is 0 Å². The van der Waals surface area contributed by atoms with Crippen molar-refractivity contribution >= 4 is 34.4 Å². The maximum Gasteiger partial charge on any atom is 0.124 e. The van der Waals surface area contributed by atoms with Gasteiger partial charge in [0.05, 0.1) is 0 Å². The Labute approximate surface area is 145 Å². The Balaban J connectivity index is 2.56. The topological polar surface area (TPSA) is 0 Å². The molecule has 0 aliphatic rings. The summed E-state index contributed by atoms with van der Waals surface area (Å²) in [5.74, 6) is 1.32. The maximum absolute atomic E-state index is 3.50. The molecule has 0 aromatic heterocycles. The van der Waals surface area contributed by atoms with Gasteiger partial charge in [-0.25, -0.2) is 0 Å². The van der Waals surface area contributed by atoms with Crippen molar-refractivity contribution in [3.05, 3.63) is 34.3 Å². The molecular formula is C18H31BrSSi. The molecule has 3 heteroatoms. The van der Waals surface area contributed by atoms with E-state index >= 15 is 0 Å². The molecule has 120 valence electrons. The molecule has 0 spiro atoms. The standard InChI is InChI=1S/C18H31BrSSi/c1-14(2)21(15(3)4,16(5)6)20-13-7-8-17-9-11-18(19)12-10-17/h9-12,14-16H,7-8,13H2,1-6H3. The Morgan fingerprint density at radius 3 is 1.81 bits per heavy atom. The van der Waals surface area contributed by atoms with Gasteiger partial charge in [-0.05, 0) is 52.9 Å². The van der Waals surface area contributed by atoms with Crippen LogP contribution < -0.4 is 0 Å². The van der Waals surface area contributed by atoms with Crippen LogP contribution in [0.25, 0.3) is 0 Å². The van der Waals surface area contributed by atoms with Gasteiger partial charge in [0.15, 0.2) is 0 Å². The molecule has 0 heterocycles. The molecule has 0 amide bonds. The third kappa shape index (κ3) is 5.14. The third-order valence-electron chi connectivity index (χ3n) is 4.58. The van der Waals surface area contributed by atoms with Crippen molar-refractivity contribution in [2.24, 2.45) is 0 Å². The Kier molecular flexibility index (Phi) is 8.08. The minimum atomic E-state index is -1.27. The number of hydrogen-bond donors (Lipinski definition) is 0. The van der Waals surface area contributed by atoms with E-state index in [1.54, 1.807) is 0 Å². The molecule has 21 heavy (non-hydrogen) atoms. The van der Waals surface area contributed by atoms with Crippen LogP contribution in [0.15, 0.2) is 28.7 Å². The molecule has 0 radical (unpaired) electrons. The largest absolute Gasteiger partial charge is 0.184 e. The maximum atomic E-state index is 3.50. The molecule has 0 saturated heterocycles. The van der Waals surface area contributed by atoms with Gasteiger partial charge < -0.3 is 0 Å². The van der Waals surface area contributed by atoms with Crippen LogP contribution >= 0.6 is 27.1 Å². The van der Waals surface area contributed by atoms with Gasteiger partial charge in [-0.2, -0.15) is 11.2 Å². The van der Waals surface area contributed by atoms with E-state index in [2.05, 4.69) is 92.9 Å². The van der Waals surface area contributed by atoms with Gasteiger partial charge >= 0.3 is 0 Å². The van der Waals surface area contributed by atoms with Gasteiger partial charge in [0.1, 0.15) is 7.22 Å². The summed E-state index contributed by atoms with van der Waals surface area (Å²) in [5.41, 5.74) is 4.03. The fourth-order valence-electron chi connectivity index (χ4n) is 3.68. The van der Waals surface area contributed by atoms with Gasteiger partial charge in [-0.1, -0.05) is 69.6 Å². The summed E-state index contributed by atoms with van der Waals surface area (Å²) in [4.78, 5) is 0. The lowest BCUT2D eigenvalue weighted by atomic mass is 10.1. The van der Waals surface area contributed by atoms with Crippen molar-refractivity contribution in [3.63, 3.8) is 0 Å². The quantitative estimate of drug-likeness (QED) is 0.333. The zero-order valence-electron chi connectivity index (χ0n) is 14.4. The fraction of sp³-hybridized carbons (Fsp3) is 0.667. The molecule has 0 aliphatic heterocycles. The normalized spacial score (nSPS) is 12.7. The second-order valence-corrected chi connectivity index (χ2v) is 16.7. The number of halogens is 1. The van der Waals surface area contributed by atoms with Gasteiger partial charge in [0.2, 0.25) is 0 Å². The zero-order valence-corrected chi connectivity index (χ0v) is 17.9. The van der Waals surface area contributed by atoms with E-state index in [1.165, 1.54) is 28.6 Å². The van der Waals surface area contributed by atoms with Crippen LogP contribution in [0.1, 0.15) is 53.5 Å². The van der Waals surface area contributed by atoms with E-state index < -0.39 is 7.22 Å². The highest BCUT2D eigenvalue weighted by Crippen LogP contribution is 2.49. The van der Waals surface area contributed by atoms with E-state index in [0.29, 0.717) is 0 Å². The van der Waals surface area contributed by atoms with E-state index in [-0.39, 0.29) is 0 Å². The summed E-state index contributed by atoms with van der Waals surface area (Å²) >= 11 is 5.85. The molecule has 1 aromatic rings. The Morgan fingerprint density at radius 2 is 1.38 bits per heavy atom. The summed E-state index contributed by atoms with van der Waals surface area (Å²) in [6.45, 7) is 14.7. The van der Waals surface area contributed by atoms with Crippen LogP contribution in [0.3, 0.4) is 0 Å². The summed E-state index contributed by atoms with van der Waals surface area (Å²) in [6, 6.07) is 8.79. The van der Waals surface area contributed by atoms with Crippen LogP contribution in [0.4, 0.5) is 0 Å². The second-order valence-electron chi connectivity index (χ2n) is 6.90. The van der Waals surface area contributed by atoms with Crippen molar-refractivity contribution in [1.82, 2.24) is 0 Å². The van der Waals surface area contributed by atoms with Crippen LogP contribution in [-0.4, -0.2) is 13.0 Å². The number of hydrogen-bond acceptors (Lipinski definition) is 1. The SMILES string of the molecule is CC(C)[Si](SCCCc1ccc(Br)cc1)(C(C)C)C(C)C. The Morgan fingerprint density at radius 1 is 0.905 bits per heavy atom. The van der Waals surface area contributed by atoms with Gasteiger partial charge in [-0.3, -0.25) is 0 Å². The van der Waals surface area contributed by atoms with E-state index in [1.807, 2.05) is 0 Å². The highest BCUT2D eigenvalue weighted by Gasteiger charge is 2.43. The monoisotopic (exact) mass is 386 g/mol. The molecule has 0 unspecified atom stereocenters. The highest BCUT2D eigenvalue weighted by atomic mass is 79.9. The summed E-state index contributed by atoms with van der Waals surface area (Å²) in [7, 11) is -1.27. The van der Waals surface area contributed by atoms with Crippen LogP contribution in [0.5, 0.6) is 0 Å². The second kappa shape index (κ2) is 8.78. The fourth-order valence-corrected chi connectivity index (χ4v) is 14.1. The smallest absolute Gasteiger partial charge is 0.124 e. The van der Waals surface area contributed by atoms with E-state index in [0.717, 1.165) is 16.6 Å². The lowest BCUT2D eigenvalue weighted by Gasteiger charge is -2.42. The number of aryl methyl sites for hydroxylation is 1. The Bertz CT molecular complexity index is 390. The highest BCUT2D eigenvalue weighted by molar-refractivity contribution is 9.10. The Hall–Kier alpha value is 0.267. The average molecular weight is 388 g/mol. The average Bonchev–Trinajstić information content (AvgIpc) is 2.39. The van der Waals surface area contributed by atoms with Crippen molar-refractivity contribution in [2.75, 3.05) is 5.75 Å². The molecule has 0 fully saturated rings. The summed E-state index contributed by atoms with van der Waals surface area (Å²) in [5, 5.41) is 0. The number of rotatable bonds is 8. The van der Waals surface area contributed by atoms with Gasteiger partial charge in [-0.15, -0.1) is 0 Å². The third-order valence-corrected chi connectivity index (χ3v) is 17.9. The lowest BCUT2D eigenvalue weighted by Crippen LogP contribution is -2.41. The molecular weight excluding hydrogens is 356 g/mol. The number of benzene rings is 1. The first kappa shape index (κ1) is 19.3. The van der Waals surface area contributed by atoms with Gasteiger partial charge in [0.25, 0.3) is 0 Å². The molecule has 0 saturated carbocycles. The molecule has 1 rings (SSSR count). The van der Waals surface area contributed by atoms with Crippen LogP contribution in [-0.2, 0) is 6.42 Å². The minimum absolute atomic E-state index is 0.857. The van der Waals surface area contributed by atoms with E-state index in [4.69, 9.17) is 0 Å².